The zero-order valence-electron chi connectivity index (χ0n) is 10.9. The maximum Gasteiger partial charge on any atom is 0.0443 e. The zero-order chi connectivity index (χ0) is 12.1. The van der Waals surface area contributed by atoms with Crippen molar-refractivity contribution >= 4 is 11.6 Å². The first-order valence-electron chi connectivity index (χ1n) is 6.32. The van der Waals surface area contributed by atoms with Crippen LogP contribution in [0.3, 0.4) is 0 Å². The van der Waals surface area contributed by atoms with Crippen LogP contribution in [-0.2, 0) is 6.42 Å². The van der Waals surface area contributed by atoms with E-state index in [9.17, 15) is 0 Å². The van der Waals surface area contributed by atoms with Gasteiger partial charge in [-0.2, -0.15) is 0 Å². The molecule has 1 heteroatoms. The standard InChI is InChI=1S/C15H23Cl/c1-5-6-12(4)9-13-7-8-14(11(2)3)15(16)10-13/h7-8,10-12H,5-6,9H2,1-4H3. The number of halogens is 1. The fourth-order valence-corrected chi connectivity index (χ4v) is 2.58. The highest BCUT2D eigenvalue weighted by atomic mass is 35.5. The lowest BCUT2D eigenvalue weighted by Crippen LogP contribution is -2.00. The summed E-state index contributed by atoms with van der Waals surface area (Å²) in [5.41, 5.74) is 2.63. The van der Waals surface area contributed by atoms with Gasteiger partial charge in [0.05, 0.1) is 0 Å². The Hall–Kier alpha value is -0.490. The van der Waals surface area contributed by atoms with E-state index >= 15 is 0 Å². The maximum atomic E-state index is 6.28. The molecule has 1 unspecified atom stereocenters. The van der Waals surface area contributed by atoms with Gasteiger partial charge in [0.1, 0.15) is 0 Å². The Labute approximate surface area is 105 Å². The second-order valence-corrected chi connectivity index (χ2v) is 5.52. The summed E-state index contributed by atoms with van der Waals surface area (Å²) in [6, 6.07) is 6.55. The fraction of sp³-hybridized carbons (Fsp3) is 0.600. The van der Waals surface area contributed by atoms with Gasteiger partial charge in [0.2, 0.25) is 0 Å². The van der Waals surface area contributed by atoms with Crippen LogP contribution < -0.4 is 0 Å². The minimum absolute atomic E-state index is 0.509. The topological polar surface area (TPSA) is 0 Å². The van der Waals surface area contributed by atoms with E-state index in [4.69, 9.17) is 11.6 Å². The van der Waals surface area contributed by atoms with Crippen LogP contribution in [0.2, 0.25) is 5.02 Å². The Morgan fingerprint density at radius 2 is 1.88 bits per heavy atom. The van der Waals surface area contributed by atoms with Crippen LogP contribution >= 0.6 is 11.6 Å². The summed E-state index contributed by atoms with van der Waals surface area (Å²) in [5, 5.41) is 0.927. The number of rotatable bonds is 5. The van der Waals surface area contributed by atoms with Crippen molar-refractivity contribution in [3.05, 3.63) is 34.3 Å². The highest BCUT2D eigenvalue weighted by Gasteiger charge is 2.07. The molecule has 0 aliphatic carbocycles. The van der Waals surface area contributed by atoms with Gasteiger partial charge >= 0.3 is 0 Å². The van der Waals surface area contributed by atoms with Crippen molar-refractivity contribution in [3.63, 3.8) is 0 Å². The second kappa shape index (κ2) is 6.30. The van der Waals surface area contributed by atoms with Gasteiger partial charge in [-0.15, -0.1) is 0 Å². The molecule has 0 heterocycles. The van der Waals surface area contributed by atoms with Crippen LogP contribution in [0.5, 0.6) is 0 Å². The van der Waals surface area contributed by atoms with Crippen molar-refractivity contribution in [1.82, 2.24) is 0 Å². The summed E-state index contributed by atoms with van der Waals surface area (Å²) in [6.45, 7) is 8.92. The molecule has 0 fully saturated rings. The van der Waals surface area contributed by atoms with Gasteiger partial charge < -0.3 is 0 Å². The number of hydrogen-bond donors (Lipinski definition) is 0. The molecule has 0 bridgehead atoms. The summed E-state index contributed by atoms with van der Waals surface area (Å²) >= 11 is 6.28. The Kier molecular flexibility index (Phi) is 5.34. The van der Waals surface area contributed by atoms with Gasteiger partial charge in [-0.05, 0) is 35.4 Å². The lowest BCUT2D eigenvalue weighted by atomic mass is 9.94. The summed E-state index contributed by atoms with van der Waals surface area (Å²) in [6.07, 6.45) is 3.70. The molecule has 0 aliphatic rings. The maximum absolute atomic E-state index is 6.28. The number of benzene rings is 1. The molecule has 90 valence electrons. The van der Waals surface area contributed by atoms with Crippen LogP contribution in [0.1, 0.15) is 57.6 Å². The van der Waals surface area contributed by atoms with E-state index in [0.29, 0.717) is 5.92 Å². The van der Waals surface area contributed by atoms with Crippen LogP contribution in [0.4, 0.5) is 0 Å². The van der Waals surface area contributed by atoms with E-state index in [1.807, 2.05) is 0 Å². The first kappa shape index (κ1) is 13.6. The van der Waals surface area contributed by atoms with E-state index in [1.54, 1.807) is 0 Å². The van der Waals surface area contributed by atoms with Crippen LogP contribution in [0, 0.1) is 5.92 Å². The molecular weight excluding hydrogens is 216 g/mol. The molecule has 0 saturated carbocycles. The highest BCUT2D eigenvalue weighted by Crippen LogP contribution is 2.26. The van der Waals surface area contributed by atoms with E-state index < -0.39 is 0 Å². The molecule has 0 N–H and O–H groups in total. The predicted octanol–water partition coefficient (Wildman–Crippen LogP) is 5.44. The monoisotopic (exact) mass is 238 g/mol. The highest BCUT2D eigenvalue weighted by molar-refractivity contribution is 6.31. The van der Waals surface area contributed by atoms with Gasteiger partial charge in [0.25, 0.3) is 0 Å². The zero-order valence-corrected chi connectivity index (χ0v) is 11.6. The normalized spacial score (nSPS) is 13.1. The molecule has 1 rings (SSSR count). The van der Waals surface area contributed by atoms with E-state index in [2.05, 4.69) is 45.9 Å². The minimum Gasteiger partial charge on any atom is -0.0840 e. The third-order valence-corrected chi connectivity index (χ3v) is 3.38. The molecule has 0 aromatic heterocycles. The smallest absolute Gasteiger partial charge is 0.0443 e. The molecule has 1 atom stereocenters. The predicted molar refractivity (Wildman–Crippen MR) is 73.3 cm³/mol. The number of hydrogen-bond acceptors (Lipinski definition) is 0. The van der Waals surface area contributed by atoms with Crippen LogP contribution in [0.25, 0.3) is 0 Å². The van der Waals surface area contributed by atoms with E-state index in [0.717, 1.165) is 17.4 Å². The van der Waals surface area contributed by atoms with Crippen molar-refractivity contribution in [2.75, 3.05) is 0 Å². The van der Waals surface area contributed by atoms with Gasteiger partial charge in [-0.3, -0.25) is 0 Å². The third-order valence-electron chi connectivity index (χ3n) is 3.05. The average Bonchev–Trinajstić information content (AvgIpc) is 2.17. The molecule has 0 spiro atoms. The van der Waals surface area contributed by atoms with Gasteiger partial charge in [0, 0.05) is 5.02 Å². The molecule has 0 radical (unpaired) electrons. The summed E-state index contributed by atoms with van der Waals surface area (Å²) in [5.74, 6) is 1.26. The van der Waals surface area contributed by atoms with Gasteiger partial charge in [-0.1, -0.05) is 64.3 Å². The molecule has 0 nitrogen and oxygen atoms in total. The lowest BCUT2D eigenvalue weighted by Gasteiger charge is -2.13. The van der Waals surface area contributed by atoms with Crippen molar-refractivity contribution in [1.29, 1.82) is 0 Å². The average molecular weight is 239 g/mol. The first-order chi connectivity index (χ1) is 7.54. The Balaban J connectivity index is 2.73. The third kappa shape index (κ3) is 3.83. The quantitative estimate of drug-likeness (QED) is 0.641. The lowest BCUT2D eigenvalue weighted by molar-refractivity contribution is 0.522. The summed E-state index contributed by atoms with van der Waals surface area (Å²) in [4.78, 5) is 0. The van der Waals surface area contributed by atoms with Crippen molar-refractivity contribution in [2.45, 2.75) is 52.9 Å². The molecule has 1 aromatic carbocycles. The molecule has 0 amide bonds. The summed E-state index contributed by atoms with van der Waals surface area (Å²) in [7, 11) is 0. The first-order valence-corrected chi connectivity index (χ1v) is 6.70. The second-order valence-electron chi connectivity index (χ2n) is 5.11. The van der Waals surface area contributed by atoms with E-state index in [-0.39, 0.29) is 0 Å². The minimum atomic E-state index is 0.509. The largest absolute Gasteiger partial charge is 0.0840 e. The SMILES string of the molecule is CCCC(C)Cc1ccc(C(C)C)c(Cl)c1. The van der Waals surface area contributed by atoms with Crippen molar-refractivity contribution in [3.8, 4) is 0 Å². The van der Waals surface area contributed by atoms with Crippen molar-refractivity contribution < 1.29 is 0 Å². The van der Waals surface area contributed by atoms with Crippen LogP contribution in [0.15, 0.2) is 18.2 Å². The molecule has 0 aliphatic heterocycles. The molecular formula is C15H23Cl. The molecule has 1 aromatic rings. The molecule has 0 saturated heterocycles. The van der Waals surface area contributed by atoms with Crippen LogP contribution in [-0.4, -0.2) is 0 Å². The summed E-state index contributed by atoms with van der Waals surface area (Å²) < 4.78 is 0. The Morgan fingerprint density at radius 3 is 2.38 bits per heavy atom. The van der Waals surface area contributed by atoms with Gasteiger partial charge in [0.15, 0.2) is 0 Å². The van der Waals surface area contributed by atoms with E-state index in [1.165, 1.54) is 24.0 Å². The Bertz CT molecular complexity index is 328. The Morgan fingerprint density at radius 1 is 1.19 bits per heavy atom. The van der Waals surface area contributed by atoms with Crippen molar-refractivity contribution in [2.24, 2.45) is 5.92 Å². The fourth-order valence-electron chi connectivity index (χ4n) is 2.16. The molecule has 16 heavy (non-hydrogen) atoms. The van der Waals surface area contributed by atoms with Gasteiger partial charge in [-0.25, -0.2) is 0 Å².